The molecule has 182 valence electrons. The Bertz CT molecular complexity index is 1330. The highest BCUT2D eigenvalue weighted by atomic mass is 35.5. The number of ether oxygens (including phenoxy) is 1. The number of carbonyl (C=O) groups excluding carboxylic acids is 2. The van der Waals surface area contributed by atoms with Crippen LogP contribution in [0.4, 0.5) is 13.2 Å². The topological polar surface area (TPSA) is 94.4 Å². The summed E-state index contributed by atoms with van der Waals surface area (Å²) >= 11 is 5.78. The van der Waals surface area contributed by atoms with E-state index in [4.69, 9.17) is 16.3 Å². The Kier molecular flexibility index (Phi) is 6.88. The summed E-state index contributed by atoms with van der Waals surface area (Å²) in [7, 11) is 0. The first-order chi connectivity index (χ1) is 16.6. The van der Waals surface area contributed by atoms with Gasteiger partial charge in [0.25, 0.3) is 5.56 Å². The zero-order chi connectivity index (χ0) is 25.2. The van der Waals surface area contributed by atoms with Crippen molar-refractivity contribution in [2.24, 2.45) is 0 Å². The number of hydrogen-bond acceptors (Lipinski definition) is 6. The molecule has 0 saturated heterocycles. The van der Waals surface area contributed by atoms with E-state index in [9.17, 15) is 27.6 Å². The van der Waals surface area contributed by atoms with Crippen molar-refractivity contribution in [3.05, 3.63) is 86.6 Å². The molecule has 0 bridgehead atoms. The summed E-state index contributed by atoms with van der Waals surface area (Å²) in [5.74, 6) is -2.18. The minimum atomic E-state index is -4.96. The van der Waals surface area contributed by atoms with Crippen LogP contribution in [0.25, 0.3) is 0 Å². The summed E-state index contributed by atoms with van der Waals surface area (Å²) in [6, 6.07) is 9.16. The molecule has 0 aliphatic carbocycles. The predicted octanol–water partition coefficient (Wildman–Crippen LogP) is 3.20. The van der Waals surface area contributed by atoms with Gasteiger partial charge in [0.1, 0.15) is 18.9 Å². The van der Waals surface area contributed by atoms with E-state index in [-0.39, 0.29) is 44.0 Å². The molecule has 3 aromatic rings. The van der Waals surface area contributed by atoms with Crippen LogP contribution in [0.2, 0.25) is 5.02 Å². The second kappa shape index (κ2) is 9.87. The number of alkyl halides is 3. The van der Waals surface area contributed by atoms with Crippen LogP contribution in [0.5, 0.6) is 5.75 Å². The number of nitrogens with zero attached hydrogens (tertiary/aromatic N) is 4. The maximum absolute atomic E-state index is 12.8. The number of Topliss-reactive ketones (excluding diaryl/α,β-unsaturated/α-hetero) is 1. The maximum atomic E-state index is 12.8. The van der Waals surface area contributed by atoms with Crippen LogP contribution < -0.4 is 10.3 Å². The van der Waals surface area contributed by atoms with Gasteiger partial charge in [0.2, 0.25) is 0 Å². The number of aromatic nitrogens is 3. The Morgan fingerprint density at radius 2 is 1.89 bits per heavy atom. The van der Waals surface area contributed by atoms with Crippen LogP contribution >= 0.6 is 11.6 Å². The SMILES string of the molecule is O=C(Cn1ncc(OCc2ccc(Cl)cn2)cc1=O)c1ccc2c(c1)CN(C(=O)C(F)(F)F)CC2. The van der Waals surface area contributed by atoms with E-state index >= 15 is 0 Å². The van der Waals surface area contributed by atoms with Crippen LogP contribution in [0.15, 0.2) is 53.6 Å². The molecule has 35 heavy (non-hydrogen) atoms. The third kappa shape index (κ3) is 5.86. The molecule has 3 heterocycles. The molecule has 12 heteroatoms. The monoisotopic (exact) mass is 506 g/mol. The van der Waals surface area contributed by atoms with Crippen molar-refractivity contribution >= 4 is 23.3 Å². The summed E-state index contributed by atoms with van der Waals surface area (Å²) < 4.78 is 44.8. The predicted molar refractivity (Wildman–Crippen MR) is 118 cm³/mol. The Balaban J connectivity index is 1.42. The zero-order valence-corrected chi connectivity index (χ0v) is 18.8. The van der Waals surface area contributed by atoms with E-state index in [1.54, 1.807) is 24.3 Å². The molecule has 0 atom stereocenters. The molecule has 4 rings (SSSR count). The molecule has 1 amide bonds. The van der Waals surface area contributed by atoms with Gasteiger partial charge in [-0.2, -0.15) is 18.3 Å². The van der Waals surface area contributed by atoms with Crippen molar-refractivity contribution < 1.29 is 27.5 Å². The summed E-state index contributed by atoms with van der Waals surface area (Å²) in [5.41, 5.74) is 1.45. The van der Waals surface area contributed by atoms with E-state index in [1.165, 1.54) is 24.5 Å². The van der Waals surface area contributed by atoms with Crippen LogP contribution in [0.1, 0.15) is 27.2 Å². The second-order valence-electron chi connectivity index (χ2n) is 7.82. The fourth-order valence-electron chi connectivity index (χ4n) is 3.57. The van der Waals surface area contributed by atoms with Gasteiger partial charge in [-0.1, -0.05) is 23.7 Å². The molecule has 1 aromatic carbocycles. The molecule has 0 saturated carbocycles. The molecule has 0 radical (unpaired) electrons. The van der Waals surface area contributed by atoms with Crippen LogP contribution in [-0.2, 0) is 30.9 Å². The third-order valence-electron chi connectivity index (χ3n) is 5.38. The van der Waals surface area contributed by atoms with Gasteiger partial charge in [0.15, 0.2) is 5.78 Å². The van der Waals surface area contributed by atoms with Gasteiger partial charge in [0.05, 0.1) is 16.9 Å². The van der Waals surface area contributed by atoms with Crippen LogP contribution in [0, 0.1) is 0 Å². The van der Waals surface area contributed by atoms with Gasteiger partial charge in [-0.05, 0) is 35.7 Å². The second-order valence-corrected chi connectivity index (χ2v) is 8.26. The molecule has 1 aliphatic heterocycles. The van der Waals surface area contributed by atoms with Gasteiger partial charge in [-0.3, -0.25) is 19.4 Å². The number of amides is 1. The van der Waals surface area contributed by atoms with E-state index < -0.39 is 23.4 Å². The van der Waals surface area contributed by atoms with Crippen molar-refractivity contribution in [2.75, 3.05) is 6.54 Å². The Morgan fingerprint density at radius 1 is 1.09 bits per heavy atom. The highest BCUT2D eigenvalue weighted by Gasteiger charge is 2.43. The lowest BCUT2D eigenvalue weighted by atomic mass is 9.96. The smallest absolute Gasteiger partial charge is 0.471 e. The lowest BCUT2D eigenvalue weighted by Crippen LogP contribution is -2.43. The maximum Gasteiger partial charge on any atom is 0.471 e. The zero-order valence-electron chi connectivity index (χ0n) is 18.1. The van der Waals surface area contributed by atoms with Crippen LogP contribution in [0.3, 0.4) is 0 Å². The lowest BCUT2D eigenvalue weighted by molar-refractivity contribution is -0.186. The van der Waals surface area contributed by atoms with E-state index in [2.05, 4.69) is 10.1 Å². The van der Waals surface area contributed by atoms with Gasteiger partial charge >= 0.3 is 12.1 Å². The first kappa shape index (κ1) is 24.4. The fraction of sp³-hybridized carbons (Fsp3) is 0.261. The summed E-state index contributed by atoms with van der Waals surface area (Å²) in [4.78, 5) is 41.5. The van der Waals surface area contributed by atoms with Gasteiger partial charge in [-0.25, -0.2) is 4.68 Å². The quantitative estimate of drug-likeness (QED) is 0.477. The van der Waals surface area contributed by atoms with E-state index in [0.29, 0.717) is 21.2 Å². The standard InChI is InChI=1S/C23H18ClF3N4O4/c24-17-3-4-18(28-9-17)13-35-19-8-21(33)31(29-10-19)12-20(32)15-2-1-14-5-6-30(11-16(14)7-15)22(34)23(25,26)27/h1-4,7-10H,5-6,11-13H2. The minimum absolute atomic E-state index is 0.0551. The molecule has 8 nitrogen and oxygen atoms in total. The fourth-order valence-corrected chi connectivity index (χ4v) is 3.69. The van der Waals surface area contributed by atoms with Gasteiger partial charge in [0, 0.05) is 30.9 Å². The highest BCUT2D eigenvalue weighted by molar-refractivity contribution is 6.30. The van der Waals surface area contributed by atoms with Gasteiger partial charge in [-0.15, -0.1) is 0 Å². The number of fused-ring (bicyclic) bond motifs is 1. The lowest BCUT2D eigenvalue weighted by Gasteiger charge is -2.29. The summed E-state index contributed by atoms with van der Waals surface area (Å²) in [6.45, 7) is -0.589. The average molecular weight is 507 g/mol. The Hall–Kier alpha value is -3.73. The Morgan fingerprint density at radius 3 is 2.57 bits per heavy atom. The number of pyridine rings is 1. The number of ketones is 1. The minimum Gasteiger partial charge on any atom is -0.485 e. The number of rotatable bonds is 6. The Labute approximate surface area is 201 Å². The van der Waals surface area contributed by atoms with Crippen molar-refractivity contribution in [3.8, 4) is 5.75 Å². The molecule has 1 aliphatic rings. The van der Waals surface area contributed by atoms with Crippen molar-refractivity contribution in [3.63, 3.8) is 0 Å². The molecular formula is C23H18ClF3N4O4. The normalized spacial score (nSPS) is 13.3. The average Bonchev–Trinajstić information content (AvgIpc) is 2.83. The van der Waals surface area contributed by atoms with Crippen molar-refractivity contribution in [2.45, 2.75) is 32.3 Å². The molecule has 0 spiro atoms. The van der Waals surface area contributed by atoms with E-state index in [0.717, 1.165) is 10.2 Å². The molecule has 0 N–H and O–H groups in total. The largest absolute Gasteiger partial charge is 0.485 e. The first-order valence-electron chi connectivity index (χ1n) is 10.4. The molecule has 0 unspecified atom stereocenters. The van der Waals surface area contributed by atoms with E-state index in [1.807, 2.05) is 0 Å². The highest BCUT2D eigenvalue weighted by Crippen LogP contribution is 2.25. The van der Waals surface area contributed by atoms with Gasteiger partial charge < -0.3 is 9.64 Å². The third-order valence-corrected chi connectivity index (χ3v) is 5.61. The number of halogens is 4. The number of hydrogen-bond donors (Lipinski definition) is 0. The summed E-state index contributed by atoms with van der Waals surface area (Å²) in [6.07, 6.45) is -1.95. The number of benzene rings is 1. The summed E-state index contributed by atoms with van der Waals surface area (Å²) in [5, 5.41) is 4.44. The van der Waals surface area contributed by atoms with Crippen molar-refractivity contribution in [1.82, 2.24) is 19.7 Å². The molecule has 0 fully saturated rings. The number of carbonyl (C=O) groups is 2. The van der Waals surface area contributed by atoms with Crippen molar-refractivity contribution in [1.29, 1.82) is 0 Å². The van der Waals surface area contributed by atoms with Crippen LogP contribution in [-0.4, -0.2) is 44.1 Å². The molecular weight excluding hydrogens is 489 g/mol. The first-order valence-corrected chi connectivity index (χ1v) is 10.8. The molecule has 2 aromatic heterocycles.